The second-order valence-corrected chi connectivity index (χ2v) is 7.32. The van der Waals surface area contributed by atoms with Crippen LogP contribution in [0.3, 0.4) is 0 Å². The number of carbonyl (C=O) groups excluding carboxylic acids is 1. The minimum absolute atomic E-state index is 0.226. The first-order valence-corrected chi connectivity index (χ1v) is 9.89. The molecule has 1 aliphatic carbocycles. The van der Waals surface area contributed by atoms with Crippen LogP contribution in [0.4, 0.5) is 8.78 Å². The van der Waals surface area contributed by atoms with Gasteiger partial charge in [0, 0.05) is 6.42 Å². The van der Waals surface area contributed by atoms with Gasteiger partial charge in [-0.1, -0.05) is 43.9 Å². The number of amides is 1. The summed E-state index contributed by atoms with van der Waals surface area (Å²) in [6, 6.07) is 9.73. The van der Waals surface area contributed by atoms with E-state index in [9.17, 15) is 23.5 Å². The number of carbonyl (C=O) groups is 2. The Morgan fingerprint density at radius 2 is 1.80 bits per heavy atom. The minimum Gasteiger partial charge on any atom is -0.477 e. The van der Waals surface area contributed by atoms with Gasteiger partial charge in [0.1, 0.15) is 11.4 Å². The van der Waals surface area contributed by atoms with E-state index < -0.39 is 17.6 Å². The summed E-state index contributed by atoms with van der Waals surface area (Å²) >= 11 is 0. The first-order chi connectivity index (χ1) is 14.4. The zero-order valence-electron chi connectivity index (χ0n) is 16.4. The molecule has 1 saturated carbocycles. The van der Waals surface area contributed by atoms with Crippen LogP contribution in [-0.2, 0) is 9.59 Å². The zero-order chi connectivity index (χ0) is 21.5. The molecule has 0 unspecified atom stereocenters. The van der Waals surface area contributed by atoms with Crippen LogP contribution in [0.1, 0.15) is 44.1 Å². The van der Waals surface area contributed by atoms with E-state index in [2.05, 4.69) is 5.32 Å². The lowest BCUT2D eigenvalue weighted by molar-refractivity contribution is -0.134. The Hall–Kier alpha value is -3.22. The molecule has 2 N–H and O–H groups in total. The molecule has 0 radical (unpaired) electrons. The quantitative estimate of drug-likeness (QED) is 0.576. The minimum atomic E-state index is -1.24. The van der Waals surface area contributed by atoms with E-state index in [1.807, 2.05) is 0 Å². The molecule has 0 heterocycles. The Morgan fingerprint density at radius 1 is 1.10 bits per heavy atom. The number of ether oxygens (including phenoxy) is 1. The Bertz CT molecular complexity index is 935. The van der Waals surface area contributed by atoms with E-state index in [4.69, 9.17) is 4.74 Å². The molecule has 0 saturated heterocycles. The average Bonchev–Trinajstić information content (AvgIpc) is 3.24. The van der Waals surface area contributed by atoms with Crippen molar-refractivity contribution in [3.05, 3.63) is 65.4 Å². The predicted molar refractivity (Wildman–Crippen MR) is 108 cm³/mol. The lowest BCUT2D eigenvalue weighted by Gasteiger charge is -2.10. The Balaban J connectivity index is 1.63. The summed E-state index contributed by atoms with van der Waals surface area (Å²) in [4.78, 5) is 23.6. The van der Waals surface area contributed by atoms with Crippen molar-refractivity contribution in [3.63, 3.8) is 0 Å². The fourth-order valence-corrected chi connectivity index (χ4v) is 3.49. The van der Waals surface area contributed by atoms with Gasteiger partial charge in [-0.25, -0.2) is 9.18 Å². The molecular weight excluding hydrogens is 392 g/mol. The topological polar surface area (TPSA) is 75.6 Å². The van der Waals surface area contributed by atoms with Gasteiger partial charge in [-0.15, -0.1) is 0 Å². The van der Waals surface area contributed by atoms with Crippen molar-refractivity contribution in [1.82, 2.24) is 5.32 Å². The molecule has 1 aliphatic rings. The van der Waals surface area contributed by atoms with Crippen molar-refractivity contribution < 1.29 is 28.2 Å². The van der Waals surface area contributed by atoms with Gasteiger partial charge in [0.05, 0.1) is 0 Å². The van der Waals surface area contributed by atoms with E-state index in [1.165, 1.54) is 43.2 Å². The number of carboxylic acids is 1. The van der Waals surface area contributed by atoms with Gasteiger partial charge in [-0.2, -0.15) is 4.39 Å². The molecule has 3 rings (SSSR count). The van der Waals surface area contributed by atoms with Crippen molar-refractivity contribution in [1.29, 1.82) is 0 Å². The molecule has 2 aromatic rings. The molecule has 0 atom stereocenters. The number of halogens is 2. The summed E-state index contributed by atoms with van der Waals surface area (Å²) in [6.45, 7) is 0. The van der Waals surface area contributed by atoms with Gasteiger partial charge < -0.3 is 15.2 Å². The number of nitrogens with one attached hydrogen (secondary N) is 1. The molecule has 30 heavy (non-hydrogen) atoms. The fraction of sp³-hybridized carbons (Fsp3) is 0.304. The van der Waals surface area contributed by atoms with E-state index in [0.717, 1.165) is 25.3 Å². The third-order valence-corrected chi connectivity index (χ3v) is 5.09. The fourth-order valence-electron chi connectivity index (χ4n) is 3.49. The molecule has 1 amide bonds. The highest BCUT2D eigenvalue weighted by atomic mass is 19.2. The highest BCUT2D eigenvalue weighted by molar-refractivity contribution is 5.96. The maximum absolute atomic E-state index is 13.7. The van der Waals surface area contributed by atoms with Gasteiger partial charge in [0.2, 0.25) is 11.7 Å². The predicted octanol–water partition coefficient (Wildman–Crippen LogP) is 5.27. The number of rotatable bonds is 8. The lowest BCUT2D eigenvalue weighted by Crippen LogP contribution is -2.27. The first kappa shape index (κ1) is 21.5. The molecule has 158 valence electrons. The number of carboxylic acid groups (broad SMARTS) is 1. The summed E-state index contributed by atoms with van der Waals surface area (Å²) in [7, 11) is 0. The van der Waals surface area contributed by atoms with Crippen LogP contribution in [0, 0.1) is 17.6 Å². The monoisotopic (exact) mass is 415 g/mol. The van der Waals surface area contributed by atoms with Gasteiger partial charge in [0.15, 0.2) is 11.6 Å². The van der Waals surface area contributed by atoms with Crippen molar-refractivity contribution in [3.8, 4) is 11.5 Å². The normalized spacial score (nSPS) is 14.5. The highest BCUT2D eigenvalue weighted by Crippen LogP contribution is 2.28. The molecule has 5 nitrogen and oxygen atoms in total. The molecule has 0 aromatic heterocycles. The number of hydrogen-bond donors (Lipinski definition) is 2. The van der Waals surface area contributed by atoms with Crippen molar-refractivity contribution in [2.45, 2.75) is 38.5 Å². The van der Waals surface area contributed by atoms with Crippen LogP contribution >= 0.6 is 0 Å². The van der Waals surface area contributed by atoms with Gasteiger partial charge >= 0.3 is 5.97 Å². The SMILES string of the molecule is O=C(CCC1CCCC1)NC(=Cc1ccc(Oc2cccc(F)c2F)cc1)C(=O)O. The largest absolute Gasteiger partial charge is 0.477 e. The summed E-state index contributed by atoms with van der Waals surface area (Å²) in [5.41, 5.74) is 0.284. The average molecular weight is 415 g/mol. The van der Waals surface area contributed by atoms with Crippen molar-refractivity contribution in [2.75, 3.05) is 0 Å². The summed E-state index contributed by atoms with van der Waals surface area (Å²) in [5, 5.41) is 11.8. The van der Waals surface area contributed by atoms with E-state index in [0.29, 0.717) is 17.9 Å². The van der Waals surface area contributed by atoms with Crippen LogP contribution in [0.5, 0.6) is 11.5 Å². The molecule has 1 fully saturated rings. The third kappa shape index (κ3) is 5.89. The molecule has 0 aliphatic heterocycles. The zero-order valence-corrected chi connectivity index (χ0v) is 16.4. The molecule has 0 spiro atoms. The molecule has 7 heteroatoms. The maximum atomic E-state index is 13.7. The summed E-state index contributed by atoms with van der Waals surface area (Å²) < 4.78 is 32.3. The van der Waals surface area contributed by atoms with E-state index in [-0.39, 0.29) is 23.1 Å². The lowest BCUT2D eigenvalue weighted by atomic mass is 10.0. The van der Waals surface area contributed by atoms with Crippen LogP contribution in [0.2, 0.25) is 0 Å². The number of benzene rings is 2. The van der Waals surface area contributed by atoms with Crippen LogP contribution in [0.25, 0.3) is 6.08 Å². The smallest absolute Gasteiger partial charge is 0.352 e. The second-order valence-electron chi connectivity index (χ2n) is 7.32. The maximum Gasteiger partial charge on any atom is 0.352 e. The van der Waals surface area contributed by atoms with Crippen LogP contribution in [-0.4, -0.2) is 17.0 Å². The highest BCUT2D eigenvalue weighted by Gasteiger charge is 2.18. The first-order valence-electron chi connectivity index (χ1n) is 9.89. The van der Waals surface area contributed by atoms with Gasteiger partial charge in [-0.05, 0) is 48.2 Å². The standard InChI is InChI=1S/C23H23F2NO4/c24-18-6-3-7-20(22(18)25)30-17-11-8-16(9-12-17)14-19(23(28)29)26-21(27)13-10-15-4-1-2-5-15/h3,6-9,11-12,14-15H,1-2,4-5,10,13H2,(H,26,27)(H,28,29). The van der Waals surface area contributed by atoms with E-state index >= 15 is 0 Å². The van der Waals surface area contributed by atoms with E-state index in [1.54, 1.807) is 12.1 Å². The number of aliphatic carboxylic acids is 1. The Labute approximate surface area is 173 Å². The van der Waals surface area contributed by atoms with Gasteiger partial charge in [0.25, 0.3) is 0 Å². The second kappa shape index (κ2) is 10.0. The van der Waals surface area contributed by atoms with Crippen LogP contribution < -0.4 is 10.1 Å². The number of hydrogen-bond acceptors (Lipinski definition) is 3. The third-order valence-electron chi connectivity index (χ3n) is 5.09. The Morgan fingerprint density at radius 3 is 2.47 bits per heavy atom. The Kier molecular flexibility index (Phi) is 7.17. The summed E-state index contributed by atoms with van der Waals surface area (Å²) in [5.74, 6) is -3.11. The molecule has 0 bridgehead atoms. The molecular formula is C23H23F2NO4. The molecule has 2 aromatic carbocycles. The van der Waals surface area contributed by atoms with Crippen molar-refractivity contribution >= 4 is 18.0 Å². The van der Waals surface area contributed by atoms with Gasteiger partial charge in [-0.3, -0.25) is 4.79 Å². The van der Waals surface area contributed by atoms with Crippen LogP contribution in [0.15, 0.2) is 48.2 Å². The summed E-state index contributed by atoms with van der Waals surface area (Å²) in [6.07, 6.45) is 7.03. The van der Waals surface area contributed by atoms with Crippen molar-refractivity contribution in [2.24, 2.45) is 5.92 Å².